The quantitative estimate of drug-likeness (QED) is 0.730. The highest BCUT2D eigenvalue weighted by atomic mass is 16.5. The number of rotatable bonds is 5. The molecule has 1 aliphatic heterocycles. The van der Waals surface area contributed by atoms with Gasteiger partial charge in [-0.25, -0.2) is 0 Å². The van der Waals surface area contributed by atoms with Crippen molar-refractivity contribution in [3.8, 4) is 5.75 Å². The van der Waals surface area contributed by atoms with Crippen molar-refractivity contribution in [2.75, 3.05) is 20.2 Å². The Morgan fingerprint density at radius 3 is 3.11 bits per heavy atom. The van der Waals surface area contributed by atoms with Gasteiger partial charge in [-0.1, -0.05) is 12.1 Å². The van der Waals surface area contributed by atoms with Crippen LogP contribution < -0.4 is 10.1 Å². The van der Waals surface area contributed by atoms with E-state index in [1.54, 1.807) is 13.3 Å². The highest BCUT2D eigenvalue weighted by Gasteiger charge is 2.25. The summed E-state index contributed by atoms with van der Waals surface area (Å²) in [7, 11) is 1.70. The molecule has 0 saturated carbocycles. The number of carbonyl (C=O) groups excluding carboxylic acids is 1. The van der Waals surface area contributed by atoms with E-state index in [4.69, 9.17) is 4.74 Å². The van der Waals surface area contributed by atoms with Gasteiger partial charge in [-0.3, -0.25) is 14.7 Å². The molecule has 3 heterocycles. The van der Waals surface area contributed by atoms with Crippen molar-refractivity contribution in [3.05, 3.63) is 59.5 Å². The van der Waals surface area contributed by atoms with Crippen molar-refractivity contribution >= 4 is 16.8 Å². The summed E-state index contributed by atoms with van der Waals surface area (Å²) < 4.78 is 5.42. The van der Waals surface area contributed by atoms with Gasteiger partial charge in [-0.15, -0.1) is 0 Å². The highest BCUT2D eigenvalue weighted by molar-refractivity contribution is 6.04. The van der Waals surface area contributed by atoms with E-state index in [1.807, 2.05) is 30.5 Å². The summed E-state index contributed by atoms with van der Waals surface area (Å²) in [4.78, 5) is 22.5. The number of benzene rings is 1. The van der Waals surface area contributed by atoms with Gasteiger partial charge in [0.05, 0.1) is 7.11 Å². The maximum atomic E-state index is 12.7. The largest absolute Gasteiger partial charge is 0.496 e. The van der Waals surface area contributed by atoms with E-state index in [1.165, 1.54) is 11.1 Å². The number of methoxy groups -OCH3 is 1. The third-order valence-corrected chi connectivity index (χ3v) is 5.31. The molecule has 6 heteroatoms. The first-order valence-corrected chi connectivity index (χ1v) is 9.23. The lowest BCUT2D eigenvalue weighted by molar-refractivity contribution is 0.0934. The van der Waals surface area contributed by atoms with Crippen molar-refractivity contribution < 1.29 is 9.53 Å². The van der Waals surface area contributed by atoms with Crippen molar-refractivity contribution in [2.24, 2.45) is 0 Å². The monoisotopic (exact) mass is 364 g/mol. The Bertz CT molecular complexity index is 966. The summed E-state index contributed by atoms with van der Waals surface area (Å²) in [5.41, 5.74) is 3.85. The lowest BCUT2D eigenvalue weighted by Crippen LogP contribution is -2.37. The number of aromatic amines is 1. The van der Waals surface area contributed by atoms with Crippen LogP contribution in [0.1, 0.15) is 28.0 Å². The Morgan fingerprint density at radius 2 is 2.26 bits per heavy atom. The summed E-state index contributed by atoms with van der Waals surface area (Å²) in [5, 5.41) is 4.01. The number of hydrogen-bond acceptors (Lipinski definition) is 4. The molecule has 0 radical (unpaired) electrons. The maximum Gasteiger partial charge on any atom is 0.270 e. The van der Waals surface area contributed by atoms with E-state index >= 15 is 0 Å². The second-order valence-corrected chi connectivity index (χ2v) is 7.04. The molecule has 0 spiro atoms. The van der Waals surface area contributed by atoms with Gasteiger partial charge in [-0.05, 0) is 42.7 Å². The zero-order valence-corrected chi connectivity index (χ0v) is 15.7. The van der Waals surface area contributed by atoms with Crippen LogP contribution in [-0.4, -0.2) is 47.0 Å². The fourth-order valence-corrected chi connectivity index (χ4v) is 3.80. The summed E-state index contributed by atoms with van der Waals surface area (Å²) in [6.45, 7) is 4.75. The molecule has 1 aliphatic rings. The number of nitrogens with one attached hydrogen (secondary N) is 2. The predicted octanol–water partition coefficient (Wildman–Crippen LogP) is 2.88. The van der Waals surface area contributed by atoms with Gasteiger partial charge < -0.3 is 15.0 Å². The van der Waals surface area contributed by atoms with Gasteiger partial charge in [0, 0.05) is 49.0 Å². The van der Waals surface area contributed by atoms with Crippen molar-refractivity contribution in [1.82, 2.24) is 20.2 Å². The molecular weight excluding hydrogens is 340 g/mol. The molecule has 2 aromatic heterocycles. The van der Waals surface area contributed by atoms with E-state index in [-0.39, 0.29) is 11.9 Å². The number of amides is 1. The van der Waals surface area contributed by atoms with Crippen LogP contribution in [0.3, 0.4) is 0 Å². The number of fused-ring (bicyclic) bond motifs is 1. The van der Waals surface area contributed by atoms with Crippen molar-refractivity contribution in [1.29, 1.82) is 0 Å². The summed E-state index contributed by atoms with van der Waals surface area (Å²) >= 11 is 0. The second-order valence-electron chi connectivity index (χ2n) is 7.04. The maximum absolute atomic E-state index is 12.7. The van der Waals surface area contributed by atoms with Gasteiger partial charge >= 0.3 is 0 Å². The summed E-state index contributed by atoms with van der Waals surface area (Å²) in [6, 6.07) is 10.1. The highest BCUT2D eigenvalue weighted by Crippen LogP contribution is 2.24. The second kappa shape index (κ2) is 7.40. The van der Waals surface area contributed by atoms with Gasteiger partial charge in [0.25, 0.3) is 5.91 Å². The van der Waals surface area contributed by atoms with Crippen LogP contribution in [0, 0.1) is 6.92 Å². The summed E-state index contributed by atoms with van der Waals surface area (Å²) in [5.74, 6) is 0.812. The zero-order valence-electron chi connectivity index (χ0n) is 15.7. The molecule has 1 amide bonds. The minimum Gasteiger partial charge on any atom is -0.496 e. The van der Waals surface area contributed by atoms with Crippen LogP contribution in [0.4, 0.5) is 0 Å². The van der Waals surface area contributed by atoms with E-state index in [9.17, 15) is 4.79 Å². The van der Waals surface area contributed by atoms with Crippen LogP contribution in [-0.2, 0) is 6.54 Å². The smallest absolute Gasteiger partial charge is 0.270 e. The molecular formula is C21H24N4O2. The molecule has 1 aromatic carbocycles. The molecule has 1 atom stereocenters. The van der Waals surface area contributed by atoms with Crippen LogP contribution in [0.15, 0.2) is 42.7 Å². The molecule has 0 bridgehead atoms. The average molecular weight is 364 g/mol. The number of pyridine rings is 1. The minimum atomic E-state index is -0.107. The number of carbonyl (C=O) groups is 1. The Labute approximate surface area is 158 Å². The number of likely N-dealkylation sites (tertiary alicyclic amines) is 1. The minimum absolute atomic E-state index is 0.107. The predicted molar refractivity (Wildman–Crippen MR) is 105 cm³/mol. The van der Waals surface area contributed by atoms with E-state index in [0.29, 0.717) is 5.69 Å². The number of hydrogen-bond donors (Lipinski definition) is 2. The third kappa shape index (κ3) is 3.53. The van der Waals surface area contributed by atoms with E-state index < -0.39 is 0 Å². The first-order valence-electron chi connectivity index (χ1n) is 9.23. The third-order valence-electron chi connectivity index (χ3n) is 5.31. The lowest BCUT2D eigenvalue weighted by Gasteiger charge is -2.19. The number of nitrogens with zero attached hydrogens (tertiary/aromatic N) is 2. The first kappa shape index (κ1) is 17.5. The topological polar surface area (TPSA) is 70.2 Å². The van der Waals surface area contributed by atoms with Crippen LogP contribution in [0.2, 0.25) is 0 Å². The van der Waals surface area contributed by atoms with Gasteiger partial charge in [0.15, 0.2) is 0 Å². The van der Waals surface area contributed by atoms with E-state index in [0.717, 1.165) is 42.7 Å². The summed E-state index contributed by atoms with van der Waals surface area (Å²) in [6.07, 6.45) is 4.44. The number of H-pyrrole nitrogens is 1. The Balaban J connectivity index is 1.40. The van der Waals surface area contributed by atoms with Crippen molar-refractivity contribution in [3.63, 3.8) is 0 Å². The molecule has 6 nitrogen and oxygen atoms in total. The van der Waals surface area contributed by atoms with Gasteiger partial charge in [-0.2, -0.15) is 0 Å². The molecule has 4 rings (SSSR count). The fourth-order valence-electron chi connectivity index (χ4n) is 3.80. The molecule has 0 aliphatic carbocycles. The number of aromatic nitrogens is 2. The average Bonchev–Trinajstić information content (AvgIpc) is 3.32. The van der Waals surface area contributed by atoms with E-state index in [2.05, 4.69) is 33.2 Å². The lowest BCUT2D eigenvalue weighted by atomic mass is 10.1. The molecule has 1 fully saturated rings. The van der Waals surface area contributed by atoms with Gasteiger partial charge in [0.1, 0.15) is 11.4 Å². The standard InChI is InChI=1S/C21H24N4O2/c1-14-15(4-3-5-19(14)27-2)12-25-11-8-16(13-25)24-21(26)20-17-6-9-22-18(17)7-10-23-20/h3-7,9-10,16,22H,8,11-13H2,1-2H3,(H,24,26). The molecule has 27 heavy (non-hydrogen) atoms. The molecule has 140 valence electrons. The zero-order chi connectivity index (χ0) is 18.8. The molecule has 2 N–H and O–H groups in total. The van der Waals surface area contributed by atoms with Crippen LogP contribution >= 0.6 is 0 Å². The Hall–Kier alpha value is -2.86. The van der Waals surface area contributed by atoms with Gasteiger partial charge in [0.2, 0.25) is 0 Å². The SMILES string of the molecule is COc1cccc(CN2CCC(NC(=O)c3nccc4[nH]ccc34)C2)c1C. The normalized spacial score (nSPS) is 17.3. The first-order chi connectivity index (χ1) is 13.2. The fraction of sp³-hybridized carbons (Fsp3) is 0.333. The Kier molecular flexibility index (Phi) is 4.81. The van der Waals surface area contributed by atoms with Crippen LogP contribution in [0.5, 0.6) is 5.75 Å². The van der Waals surface area contributed by atoms with Crippen LogP contribution in [0.25, 0.3) is 10.9 Å². The number of ether oxygens (including phenoxy) is 1. The van der Waals surface area contributed by atoms with Crippen molar-refractivity contribution in [2.45, 2.75) is 25.9 Å². The Morgan fingerprint density at radius 1 is 1.37 bits per heavy atom. The molecule has 1 saturated heterocycles. The molecule has 1 unspecified atom stereocenters. The molecule has 3 aromatic rings.